The van der Waals surface area contributed by atoms with Gasteiger partial charge >= 0.3 is 0 Å². The summed E-state index contributed by atoms with van der Waals surface area (Å²) >= 11 is 0. The van der Waals surface area contributed by atoms with Gasteiger partial charge in [-0.15, -0.1) is 0 Å². The Morgan fingerprint density at radius 2 is 2.14 bits per heavy atom. The van der Waals surface area contributed by atoms with Crippen molar-refractivity contribution in [2.45, 2.75) is 57.6 Å². The van der Waals surface area contributed by atoms with Crippen molar-refractivity contribution in [3.8, 4) is 0 Å². The number of methoxy groups -OCH3 is 1. The van der Waals surface area contributed by atoms with Crippen molar-refractivity contribution in [3.63, 3.8) is 0 Å². The van der Waals surface area contributed by atoms with E-state index in [0.717, 1.165) is 13.0 Å². The maximum atomic E-state index is 14.2. The van der Waals surface area contributed by atoms with Crippen molar-refractivity contribution >= 4 is 0 Å². The first-order chi connectivity index (χ1) is 10.3. The molecular weight excluding hydrogens is 267 g/mol. The molecule has 1 saturated carbocycles. The quantitative estimate of drug-likeness (QED) is 0.829. The smallest absolute Gasteiger partial charge is 0.146 e. The molecule has 0 spiro atoms. The Morgan fingerprint density at radius 1 is 1.38 bits per heavy atom. The lowest BCUT2D eigenvalue weighted by atomic mass is 9.81. The SMILES string of the molecule is CCCNC(c1ccncc1F)C(OC)C1CCCCC1. The second-order valence-electron chi connectivity index (χ2n) is 5.93. The van der Waals surface area contributed by atoms with E-state index in [-0.39, 0.29) is 18.0 Å². The number of halogens is 1. The number of hydrogen-bond acceptors (Lipinski definition) is 3. The third-order valence-electron chi connectivity index (χ3n) is 4.47. The predicted octanol–water partition coefficient (Wildman–Crippen LogP) is 3.86. The summed E-state index contributed by atoms with van der Waals surface area (Å²) in [5.41, 5.74) is 0.677. The molecule has 1 N–H and O–H groups in total. The van der Waals surface area contributed by atoms with E-state index in [9.17, 15) is 4.39 Å². The van der Waals surface area contributed by atoms with Gasteiger partial charge in [-0.25, -0.2) is 4.39 Å². The van der Waals surface area contributed by atoms with Crippen molar-refractivity contribution in [1.82, 2.24) is 10.3 Å². The van der Waals surface area contributed by atoms with Gasteiger partial charge in [-0.05, 0) is 37.8 Å². The molecule has 1 fully saturated rings. The number of rotatable bonds is 7. The van der Waals surface area contributed by atoms with Gasteiger partial charge in [0.1, 0.15) is 5.82 Å². The van der Waals surface area contributed by atoms with E-state index < -0.39 is 0 Å². The van der Waals surface area contributed by atoms with Gasteiger partial charge in [-0.3, -0.25) is 4.98 Å². The van der Waals surface area contributed by atoms with Gasteiger partial charge in [0.15, 0.2) is 0 Å². The molecule has 0 bridgehead atoms. The number of nitrogens with zero attached hydrogens (tertiary/aromatic N) is 1. The summed E-state index contributed by atoms with van der Waals surface area (Å²) in [6.07, 6.45) is 10.2. The van der Waals surface area contributed by atoms with Crippen LogP contribution in [0.3, 0.4) is 0 Å². The van der Waals surface area contributed by atoms with E-state index in [0.29, 0.717) is 11.5 Å². The number of pyridine rings is 1. The summed E-state index contributed by atoms with van der Waals surface area (Å²) in [6.45, 7) is 2.98. The van der Waals surface area contributed by atoms with Gasteiger partial charge in [0.25, 0.3) is 0 Å². The summed E-state index contributed by atoms with van der Waals surface area (Å²) in [7, 11) is 1.75. The average Bonchev–Trinajstić information content (AvgIpc) is 2.53. The zero-order valence-corrected chi connectivity index (χ0v) is 13.1. The van der Waals surface area contributed by atoms with Crippen molar-refractivity contribution in [2.24, 2.45) is 5.92 Å². The Morgan fingerprint density at radius 3 is 2.76 bits per heavy atom. The molecule has 1 aromatic rings. The van der Waals surface area contributed by atoms with Crippen LogP contribution in [0.2, 0.25) is 0 Å². The van der Waals surface area contributed by atoms with Crippen molar-refractivity contribution in [1.29, 1.82) is 0 Å². The molecule has 2 unspecified atom stereocenters. The summed E-state index contributed by atoms with van der Waals surface area (Å²) in [5, 5.41) is 3.48. The summed E-state index contributed by atoms with van der Waals surface area (Å²) in [5.74, 6) is 0.259. The van der Waals surface area contributed by atoms with Crippen LogP contribution in [0.15, 0.2) is 18.5 Å². The lowest BCUT2D eigenvalue weighted by Crippen LogP contribution is -2.40. The van der Waals surface area contributed by atoms with Gasteiger partial charge in [0.2, 0.25) is 0 Å². The maximum Gasteiger partial charge on any atom is 0.146 e. The van der Waals surface area contributed by atoms with Crippen LogP contribution in [0.5, 0.6) is 0 Å². The van der Waals surface area contributed by atoms with E-state index in [1.165, 1.54) is 38.3 Å². The maximum absolute atomic E-state index is 14.2. The lowest BCUT2D eigenvalue weighted by Gasteiger charge is -2.35. The van der Waals surface area contributed by atoms with Crippen molar-refractivity contribution < 1.29 is 9.13 Å². The van der Waals surface area contributed by atoms with E-state index in [1.807, 2.05) is 0 Å². The number of hydrogen-bond donors (Lipinski definition) is 1. The zero-order chi connectivity index (χ0) is 15.1. The molecule has 0 amide bonds. The molecule has 2 rings (SSSR count). The molecule has 0 aliphatic heterocycles. The highest BCUT2D eigenvalue weighted by atomic mass is 19.1. The molecule has 4 heteroatoms. The van der Waals surface area contributed by atoms with Crippen LogP contribution in [0.4, 0.5) is 4.39 Å². The highest BCUT2D eigenvalue weighted by Crippen LogP contribution is 2.34. The molecule has 1 aliphatic rings. The first-order valence-corrected chi connectivity index (χ1v) is 8.13. The monoisotopic (exact) mass is 294 g/mol. The predicted molar refractivity (Wildman–Crippen MR) is 82.6 cm³/mol. The largest absolute Gasteiger partial charge is 0.379 e. The highest BCUT2D eigenvalue weighted by Gasteiger charge is 2.32. The topological polar surface area (TPSA) is 34.2 Å². The molecule has 3 nitrogen and oxygen atoms in total. The number of nitrogens with one attached hydrogen (secondary N) is 1. The van der Waals surface area contributed by atoms with Gasteiger partial charge in [-0.2, -0.15) is 0 Å². The lowest BCUT2D eigenvalue weighted by molar-refractivity contribution is 0.00669. The Bertz CT molecular complexity index is 421. The molecule has 0 aromatic carbocycles. The van der Waals surface area contributed by atoms with Crippen molar-refractivity contribution in [2.75, 3.05) is 13.7 Å². The zero-order valence-electron chi connectivity index (χ0n) is 13.1. The van der Waals surface area contributed by atoms with E-state index in [4.69, 9.17) is 4.74 Å². The third-order valence-corrected chi connectivity index (χ3v) is 4.47. The molecule has 1 heterocycles. The normalized spacial score (nSPS) is 19.4. The standard InChI is InChI=1S/C17H27FN2O/c1-3-10-20-16(14-9-11-19-12-15(14)18)17(21-2)13-7-5-4-6-8-13/h9,11-13,16-17,20H,3-8,10H2,1-2H3. The fraction of sp³-hybridized carbons (Fsp3) is 0.706. The summed E-state index contributed by atoms with van der Waals surface area (Å²) in [4.78, 5) is 3.86. The molecule has 0 saturated heterocycles. The number of ether oxygens (including phenoxy) is 1. The molecule has 0 radical (unpaired) electrons. The molecule has 1 aromatic heterocycles. The molecule has 2 atom stereocenters. The van der Waals surface area contributed by atoms with Crippen LogP contribution in [-0.4, -0.2) is 24.7 Å². The number of aromatic nitrogens is 1. The first-order valence-electron chi connectivity index (χ1n) is 8.13. The van der Waals surface area contributed by atoms with Crippen LogP contribution < -0.4 is 5.32 Å². The second kappa shape index (κ2) is 8.44. The Hall–Kier alpha value is -1.00. The first kappa shape index (κ1) is 16.4. The average molecular weight is 294 g/mol. The van der Waals surface area contributed by atoms with E-state index in [1.54, 1.807) is 19.4 Å². The van der Waals surface area contributed by atoms with Crippen LogP contribution >= 0.6 is 0 Å². The van der Waals surface area contributed by atoms with Gasteiger partial charge in [-0.1, -0.05) is 26.2 Å². The highest BCUT2D eigenvalue weighted by molar-refractivity contribution is 5.19. The van der Waals surface area contributed by atoms with Gasteiger partial charge < -0.3 is 10.1 Å². The Labute approximate surface area is 127 Å². The summed E-state index contributed by atoms with van der Waals surface area (Å²) in [6, 6.07) is 1.68. The second-order valence-corrected chi connectivity index (χ2v) is 5.93. The van der Waals surface area contributed by atoms with Crippen LogP contribution in [0, 0.1) is 11.7 Å². The van der Waals surface area contributed by atoms with E-state index >= 15 is 0 Å². The minimum Gasteiger partial charge on any atom is -0.379 e. The molecule has 118 valence electrons. The fourth-order valence-electron chi connectivity index (χ4n) is 3.40. The molecule has 21 heavy (non-hydrogen) atoms. The van der Waals surface area contributed by atoms with Gasteiger partial charge in [0.05, 0.1) is 18.3 Å². The summed E-state index contributed by atoms with van der Waals surface area (Å²) < 4.78 is 20.0. The molecular formula is C17H27FN2O. The minimum absolute atomic E-state index is 0.0220. The fourth-order valence-corrected chi connectivity index (χ4v) is 3.40. The van der Waals surface area contributed by atoms with Crippen LogP contribution in [-0.2, 0) is 4.74 Å². The van der Waals surface area contributed by atoms with Crippen LogP contribution in [0.25, 0.3) is 0 Å². The third kappa shape index (κ3) is 4.24. The van der Waals surface area contributed by atoms with Crippen LogP contribution in [0.1, 0.15) is 57.1 Å². The van der Waals surface area contributed by atoms with Gasteiger partial charge in [0, 0.05) is 18.9 Å². The Balaban J connectivity index is 2.22. The molecule has 1 aliphatic carbocycles. The van der Waals surface area contributed by atoms with Crippen molar-refractivity contribution in [3.05, 3.63) is 29.8 Å². The van der Waals surface area contributed by atoms with E-state index in [2.05, 4.69) is 17.2 Å². The minimum atomic E-state index is -0.246. The Kier molecular flexibility index (Phi) is 6.58.